The van der Waals surface area contributed by atoms with Crippen LogP contribution in [0.5, 0.6) is 0 Å². The second-order valence-electron chi connectivity index (χ2n) is 11.2. The van der Waals surface area contributed by atoms with E-state index in [0.717, 1.165) is 32.1 Å². The molecular formula is C24H40O4. The van der Waals surface area contributed by atoms with Crippen molar-refractivity contribution in [3.63, 3.8) is 0 Å². The Morgan fingerprint density at radius 3 is 2.50 bits per heavy atom. The number of fused-ring (bicyclic) bond motifs is 5. The third-order valence-electron chi connectivity index (χ3n) is 10.3. The Morgan fingerprint density at radius 2 is 1.79 bits per heavy atom. The van der Waals surface area contributed by atoms with Crippen LogP contribution in [0.4, 0.5) is 0 Å². The van der Waals surface area contributed by atoms with Gasteiger partial charge >= 0.3 is 5.97 Å². The molecule has 0 saturated heterocycles. The fourth-order valence-electron chi connectivity index (χ4n) is 8.83. The Kier molecular flexibility index (Phi) is 5.36. The number of aliphatic hydroxyl groups is 2. The molecule has 4 heteroatoms. The lowest BCUT2D eigenvalue weighted by Gasteiger charge is -2.63. The van der Waals surface area contributed by atoms with E-state index in [4.69, 9.17) is 5.11 Å². The first kappa shape index (κ1) is 20.7. The van der Waals surface area contributed by atoms with Gasteiger partial charge in [-0.2, -0.15) is 0 Å². The number of aliphatic hydroxyl groups excluding tert-OH is 2. The summed E-state index contributed by atoms with van der Waals surface area (Å²) in [4.78, 5) is 11.1. The van der Waals surface area contributed by atoms with Crippen LogP contribution in [-0.4, -0.2) is 33.5 Å². The number of carboxylic acids is 1. The highest BCUT2D eigenvalue weighted by atomic mass is 16.4. The van der Waals surface area contributed by atoms with E-state index in [1.807, 2.05) is 0 Å². The summed E-state index contributed by atoms with van der Waals surface area (Å²) < 4.78 is 0. The first-order valence-electron chi connectivity index (χ1n) is 11.8. The number of carboxylic acid groups (broad SMARTS) is 1. The van der Waals surface area contributed by atoms with Gasteiger partial charge in [0.15, 0.2) is 0 Å². The van der Waals surface area contributed by atoms with Gasteiger partial charge in [0.25, 0.3) is 0 Å². The molecular weight excluding hydrogens is 352 g/mol. The maximum Gasteiger partial charge on any atom is 0.303 e. The van der Waals surface area contributed by atoms with Crippen LogP contribution in [0.2, 0.25) is 0 Å². The van der Waals surface area contributed by atoms with Crippen LogP contribution in [-0.2, 0) is 4.79 Å². The van der Waals surface area contributed by atoms with Crippen molar-refractivity contribution in [1.82, 2.24) is 0 Å². The van der Waals surface area contributed by atoms with E-state index in [1.54, 1.807) is 0 Å². The van der Waals surface area contributed by atoms with Crippen molar-refractivity contribution in [1.29, 1.82) is 0 Å². The zero-order valence-electron chi connectivity index (χ0n) is 17.9. The van der Waals surface area contributed by atoms with Crippen molar-refractivity contribution in [3.05, 3.63) is 0 Å². The molecule has 4 aliphatic rings. The van der Waals surface area contributed by atoms with Crippen LogP contribution in [0.3, 0.4) is 0 Å². The van der Waals surface area contributed by atoms with E-state index >= 15 is 0 Å². The number of rotatable bonds is 4. The molecule has 0 amide bonds. The Labute approximate surface area is 170 Å². The molecule has 4 rings (SSSR count). The number of hydrogen-bond donors (Lipinski definition) is 3. The molecule has 4 nitrogen and oxygen atoms in total. The molecule has 10 atom stereocenters. The van der Waals surface area contributed by atoms with Gasteiger partial charge < -0.3 is 15.3 Å². The van der Waals surface area contributed by atoms with Gasteiger partial charge in [-0.25, -0.2) is 0 Å². The molecule has 0 aromatic rings. The monoisotopic (exact) mass is 392 g/mol. The van der Waals surface area contributed by atoms with Gasteiger partial charge in [0.05, 0.1) is 12.2 Å². The van der Waals surface area contributed by atoms with Crippen molar-refractivity contribution in [2.75, 3.05) is 0 Å². The van der Waals surface area contributed by atoms with Crippen molar-refractivity contribution in [3.8, 4) is 0 Å². The van der Waals surface area contributed by atoms with Gasteiger partial charge in [-0.05, 0) is 91.3 Å². The summed E-state index contributed by atoms with van der Waals surface area (Å²) in [5, 5.41) is 31.6. The molecule has 4 saturated carbocycles. The molecule has 0 heterocycles. The van der Waals surface area contributed by atoms with Gasteiger partial charge in [0.1, 0.15) is 0 Å². The molecule has 4 fully saturated rings. The summed E-state index contributed by atoms with van der Waals surface area (Å²) in [5.74, 6) is 1.91. The zero-order valence-corrected chi connectivity index (χ0v) is 17.9. The Morgan fingerprint density at radius 1 is 1.04 bits per heavy atom. The summed E-state index contributed by atoms with van der Waals surface area (Å²) in [6.45, 7) is 6.89. The van der Waals surface area contributed by atoms with E-state index in [0.29, 0.717) is 41.9 Å². The van der Waals surface area contributed by atoms with Crippen molar-refractivity contribution in [2.45, 2.75) is 97.2 Å². The van der Waals surface area contributed by atoms with Gasteiger partial charge in [-0.3, -0.25) is 4.79 Å². The second-order valence-corrected chi connectivity index (χ2v) is 11.2. The highest BCUT2D eigenvalue weighted by Gasteiger charge is 2.64. The van der Waals surface area contributed by atoms with Crippen LogP contribution in [0.15, 0.2) is 0 Å². The minimum atomic E-state index is -0.720. The maximum atomic E-state index is 11.5. The minimum Gasteiger partial charge on any atom is -0.481 e. The average Bonchev–Trinajstić information content (AvgIpc) is 3.00. The summed E-state index contributed by atoms with van der Waals surface area (Å²) in [7, 11) is 0. The van der Waals surface area contributed by atoms with Gasteiger partial charge in [0.2, 0.25) is 0 Å². The minimum absolute atomic E-state index is 0.128. The van der Waals surface area contributed by atoms with Crippen LogP contribution >= 0.6 is 0 Å². The van der Waals surface area contributed by atoms with Crippen LogP contribution in [0.25, 0.3) is 0 Å². The number of aliphatic carboxylic acids is 1. The number of hydrogen-bond acceptors (Lipinski definition) is 3. The Bertz CT molecular complexity index is 605. The van der Waals surface area contributed by atoms with E-state index in [9.17, 15) is 15.0 Å². The summed E-state index contributed by atoms with van der Waals surface area (Å²) >= 11 is 0. The SMILES string of the molecule is C[C@H](CCC(=O)O)[C@H]1CC[C@H]2[C@@H]3C[C@H](O)[C@@H]4CCCC[C@]4(C)[C@H]3C[C@H](O)[C@]12C. The van der Waals surface area contributed by atoms with E-state index in [2.05, 4.69) is 20.8 Å². The molecule has 0 aliphatic heterocycles. The first-order valence-corrected chi connectivity index (χ1v) is 11.8. The fraction of sp³-hybridized carbons (Fsp3) is 0.958. The predicted octanol–water partition coefficient (Wildman–Crippen LogP) is 4.48. The molecule has 160 valence electrons. The molecule has 0 unspecified atom stereocenters. The third kappa shape index (κ3) is 2.96. The Hall–Kier alpha value is -0.610. The third-order valence-corrected chi connectivity index (χ3v) is 10.3. The second kappa shape index (κ2) is 7.27. The van der Waals surface area contributed by atoms with Crippen molar-refractivity contribution >= 4 is 5.97 Å². The molecule has 28 heavy (non-hydrogen) atoms. The molecule has 0 spiro atoms. The van der Waals surface area contributed by atoms with Gasteiger partial charge in [-0.1, -0.05) is 33.6 Å². The standard InChI is InChI=1S/C24H40O4/c1-14(7-10-22(27)28)16-8-9-17-15-12-20(25)18-6-4-5-11-23(18,2)19(15)13-21(26)24(16,17)3/h14-21,25-26H,4-13H2,1-3H3,(H,27,28)/t14-,15+,16-,17+,18+,19+,20+,21+,23+,24-/m1/s1. The lowest BCUT2D eigenvalue weighted by Crippen LogP contribution is -2.61. The molecule has 0 aromatic heterocycles. The van der Waals surface area contributed by atoms with Crippen LogP contribution in [0.1, 0.15) is 85.0 Å². The highest BCUT2D eigenvalue weighted by molar-refractivity contribution is 5.66. The Balaban J connectivity index is 1.60. The summed E-state index contributed by atoms with van der Waals surface area (Å²) in [6.07, 6.45) is 9.29. The first-order chi connectivity index (χ1) is 13.2. The lowest BCUT2D eigenvalue weighted by atomic mass is 9.43. The van der Waals surface area contributed by atoms with E-state index < -0.39 is 5.97 Å². The molecule has 4 aliphatic carbocycles. The lowest BCUT2D eigenvalue weighted by molar-refractivity contribution is -0.194. The van der Waals surface area contributed by atoms with Crippen LogP contribution < -0.4 is 0 Å². The van der Waals surface area contributed by atoms with Gasteiger partial charge in [-0.15, -0.1) is 0 Å². The van der Waals surface area contributed by atoms with Crippen molar-refractivity contribution in [2.24, 2.45) is 46.3 Å². The van der Waals surface area contributed by atoms with E-state index in [1.165, 1.54) is 19.3 Å². The van der Waals surface area contributed by atoms with Gasteiger partial charge in [0, 0.05) is 6.42 Å². The summed E-state index contributed by atoms with van der Waals surface area (Å²) in [6, 6.07) is 0. The quantitative estimate of drug-likeness (QED) is 0.659. The van der Waals surface area contributed by atoms with Crippen LogP contribution in [0, 0.1) is 46.3 Å². The average molecular weight is 393 g/mol. The molecule has 0 bridgehead atoms. The van der Waals surface area contributed by atoms with Crippen molar-refractivity contribution < 1.29 is 20.1 Å². The fourth-order valence-corrected chi connectivity index (χ4v) is 8.83. The molecule has 0 radical (unpaired) electrons. The maximum absolute atomic E-state index is 11.5. The molecule has 3 N–H and O–H groups in total. The topological polar surface area (TPSA) is 77.8 Å². The smallest absolute Gasteiger partial charge is 0.303 e. The largest absolute Gasteiger partial charge is 0.481 e. The predicted molar refractivity (Wildman–Crippen MR) is 109 cm³/mol. The highest BCUT2D eigenvalue weighted by Crippen LogP contribution is 2.68. The zero-order chi connectivity index (χ0) is 20.3. The van der Waals surface area contributed by atoms with E-state index in [-0.39, 0.29) is 29.5 Å². The summed E-state index contributed by atoms with van der Waals surface area (Å²) in [5.41, 5.74) is 0.0482. The number of carbonyl (C=O) groups is 1. The normalized spacial score (nSPS) is 51.7. The molecule has 0 aromatic carbocycles.